The van der Waals surface area contributed by atoms with Crippen molar-refractivity contribution in [3.8, 4) is 5.75 Å². The van der Waals surface area contributed by atoms with Crippen molar-refractivity contribution in [1.29, 1.82) is 0 Å². The van der Waals surface area contributed by atoms with E-state index < -0.39 is 17.5 Å². The molecule has 2 aromatic heterocycles. The van der Waals surface area contributed by atoms with Crippen molar-refractivity contribution in [2.75, 3.05) is 37.6 Å². The summed E-state index contributed by atoms with van der Waals surface area (Å²) >= 11 is 1.78. The molecule has 2 aliphatic heterocycles. The Balaban J connectivity index is 1.16. The molecule has 1 saturated heterocycles. The normalized spacial score (nSPS) is 16.9. The molecule has 0 aliphatic carbocycles. The topological polar surface area (TPSA) is 81.1 Å². The molecule has 0 atom stereocenters. The Hall–Kier alpha value is -3.69. The number of esters is 1. The van der Waals surface area contributed by atoms with E-state index in [2.05, 4.69) is 39.4 Å². The molecule has 0 spiro atoms. The summed E-state index contributed by atoms with van der Waals surface area (Å²) in [7, 11) is 0. The molecule has 1 fully saturated rings. The Bertz CT molecular complexity index is 1530. The molecule has 2 aliphatic rings. The molecule has 36 heavy (non-hydrogen) atoms. The maximum atomic E-state index is 12.8. The predicted octanol–water partition coefficient (Wildman–Crippen LogP) is 3.24. The van der Waals surface area contributed by atoms with Gasteiger partial charge in [-0.15, -0.1) is 16.1 Å². The Morgan fingerprint density at radius 3 is 2.58 bits per heavy atom. The first-order valence-electron chi connectivity index (χ1n) is 12.1. The molecule has 0 amide bonds. The zero-order valence-electron chi connectivity index (χ0n) is 19.6. The highest BCUT2D eigenvalue weighted by molar-refractivity contribution is 7.17. The Morgan fingerprint density at radius 2 is 1.72 bits per heavy atom. The molecule has 6 rings (SSSR count). The SMILES string of the molecule is O=C1CCC(=O)On2c(=O)c(cc3ccc(CCN4CCN(c5cccc6sccc56)CC4)cc32)O1. The van der Waals surface area contributed by atoms with Crippen LogP contribution in [0.15, 0.2) is 58.7 Å². The summed E-state index contributed by atoms with van der Waals surface area (Å²) in [6, 6.07) is 16.0. The second kappa shape index (κ2) is 9.40. The van der Waals surface area contributed by atoms with Gasteiger partial charge in [-0.05, 0) is 47.7 Å². The van der Waals surface area contributed by atoms with E-state index in [4.69, 9.17) is 9.57 Å². The molecule has 4 heterocycles. The van der Waals surface area contributed by atoms with Gasteiger partial charge in [-0.3, -0.25) is 14.5 Å². The lowest BCUT2D eigenvalue weighted by Gasteiger charge is -2.36. The fraction of sp³-hybridized carbons (Fsp3) is 0.296. The van der Waals surface area contributed by atoms with Crippen LogP contribution in [0.1, 0.15) is 18.4 Å². The Morgan fingerprint density at radius 1 is 0.889 bits per heavy atom. The molecule has 8 nitrogen and oxygen atoms in total. The zero-order valence-corrected chi connectivity index (χ0v) is 20.5. The van der Waals surface area contributed by atoms with Gasteiger partial charge in [-0.1, -0.05) is 18.2 Å². The number of aromatic nitrogens is 1. The third-order valence-electron chi connectivity index (χ3n) is 6.85. The molecule has 184 valence electrons. The number of benzene rings is 2. The van der Waals surface area contributed by atoms with E-state index in [1.54, 1.807) is 11.3 Å². The maximum absolute atomic E-state index is 12.8. The number of carbonyl (C=O) groups is 2. The number of ether oxygens (including phenoxy) is 1. The van der Waals surface area contributed by atoms with Gasteiger partial charge in [0.2, 0.25) is 0 Å². The summed E-state index contributed by atoms with van der Waals surface area (Å²) in [5.74, 6) is -1.40. The minimum atomic E-state index is -0.653. The monoisotopic (exact) mass is 503 g/mol. The highest BCUT2D eigenvalue weighted by Gasteiger charge is 2.22. The number of thiophene rings is 1. The smallest absolute Gasteiger partial charge is 0.333 e. The van der Waals surface area contributed by atoms with Gasteiger partial charge < -0.3 is 14.5 Å². The van der Waals surface area contributed by atoms with Crippen molar-refractivity contribution >= 4 is 50.0 Å². The molecule has 2 bridgehead atoms. The number of rotatable bonds is 4. The predicted molar refractivity (Wildman–Crippen MR) is 139 cm³/mol. The highest BCUT2D eigenvalue weighted by Crippen LogP contribution is 2.31. The van der Waals surface area contributed by atoms with E-state index in [0.717, 1.165) is 49.4 Å². The van der Waals surface area contributed by atoms with Crippen LogP contribution < -0.4 is 20.0 Å². The van der Waals surface area contributed by atoms with Gasteiger partial charge >= 0.3 is 17.5 Å². The molecule has 0 N–H and O–H groups in total. The van der Waals surface area contributed by atoms with Crippen molar-refractivity contribution < 1.29 is 19.2 Å². The fourth-order valence-corrected chi connectivity index (χ4v) is 5.71. The number of fused-ring (bicyclic) bond motifs is 5. The molecule has 0 saturated carbocycles. The van der Waals surface area contributed by atoms with Crippen LogP contribution >= 0.6 is 11.3 Å². The third-order valence-corrected chi connectivity index (χ3v) is 7.73. The summed E-state index contributed by atoms with van der Waals surface area (Å²) in [6.45, 7) is 4.80. The van der Waals surface area contributed by atoms with Crippen LogP contribution in [0.3, 0.4) is 0 Å². The van der Waals surface area contributed by atoms with Crippen LogP contribution in [0.2, 0.25) is 0 Å². The van der Waals surface area contributed by atoms with Crippen LogP contribution in [0.5, 0.6) is 5.75 Å². The molecule has 0 unspecified atom stereocenters. The number of piperazine rings is 1. The fourth-order valence-electron chi connectivity index (χ4n) is 4.90. The number of nitrogens with zero attached hydrogens (tertiary/aromatic N) is 3. The van der Waals surface area contributed by atoms with Crippen molar-refractivity contribution in [3.63, 3.8) is 0 Å². The Labute approximate surface area is 211 Å². The zero-order chi connectivity index (χ0) is 24.6. The molecule has 4 aromatic rings. The van der Waals surface area contributed by atoms with Gasteiger partial charge in [0.25, 0.3) is 0 Å². The Kier molecular flexibility index (Phi) is 5.94. The second-order valence-electron chi connectivity index (χ2n) is 9.13. The lowest BCUT2D eigenvalue weighted by molar-refractivity contribution is -0.146. The van der Waals surface area contributed by atoms with Crippen molar-refractivity contribution in [3.05, 3.63) is 69.8 Å². The van der Waals surface area contributed by atoms with E-state index in [1.807, 2.05) is 18.2 Å². The maximum Gasteiger partial charge on any atom is 0.333 e. The minimum absolute atomic E-state index is 0.130. The van der Waals surface area contributed by atoms with Gasteiger partial charge in [0.1, 0.15) is 0 Å². The first-order valence-corrected chi connectivity index (χ1v) is 13.0. The number of hydrogen-bond acceptors (Lipinski definition) is 8. The molecule has 0 radical (unpaired) electrons. The standard InChI is InChI=1S/C27H25N3O5S/c31-25-6-7-26(32)35-30-22-16-18(4-5-19(22)17-23(34-25)27(30)33)8-10-28-11-13-29(14-12-28)21-2-1-3-24-20(21)9-15-36-24/h1-5,9,15-17H,6-8,10-14H2. The van der Waals surface area contributed by atoms with E-state index >= 15 is 0 Å². The molecular formula is C27H25N3O5S. The van der Waals surface area contributed by atoms with Crippen LogP contribution in [0.25, 0.3) is 21.0 Å². The first kappa shape index (κ1) is 22.8. The second-order valence-corrected chi connectivity index (χ2v) is 10.1. The van der Waals surface area contributed by atoms with Crippen LogP contribution in [0.4, 0.5) is 5.69 Å². The van der Waals surface area contributed by atoms with Gasteiger partial charge in [0.15, 0.2) is 5.75 Å². The van der Waals surface area contributed by atoms with Crippen molar-refractivity contribution in [1.82, 2.24) is 9.63 Å². The lowest BCUT2D eigenvalue weighted by Crippen LogP contribution is -2.47. The number of hydrogen-bond donors (Lipinski definition) is 0. The minimum Gasteiger partial charge on any atom is -0.420 e. The first-order chi connectivity index (χ1) is 17.5. The quantitative estimate of drug-likeness (QED) is 0.396. The van der Waals surface area contributed by atoms with E-state index in [1.165, 1.54) is 21.8 Å². The summed E-state index contributed by atoms with van der Waals surface area (Å²) in [5, 5.41) is 4.13. The van der Waals surface area contributed by atoms with E-state index in [-0.39, 0.29) is 18.6 Å². The third kappa shape index (κ3) is 4.36. The number of pyridine rings is 1. The molecule has 9 heteroatoms. The summed E-state index contributed by atoms with van der Waals surface area (Å²) in [5.41, 5.74) is 2.18. The average molecular weight is 504 g/mol. The van der Waals surface area contributed by atoms with Crippen LogP contribution in [0, 0.1) is 0 Å². The summed E-state index contributed by atoms with van der Waals surface area (Å²) in [6.07, 6.45) is 0.529. The van der Waals surface area contributed by atoms with E-state index in [9.17, 15) is 14.4 Å². The summed E-state index contributed by atoms with van der Waals surface area (Å²) in [4.78, 5) is 47.1. The van der Waals surface area contributed by atoms with Crippen molar-refractivity contribution in [2.45, 2.75) is 19.3 Å². The molecule has 2 aromatic carbocycles. The average Bonchev–Trinajstić information content (AvgIpc) is 3.38. The number of carbonyl (C=O) groups excluding carboxylic acids is 2. The molecular weight excluding hydrogens is 478 g/mol. The summed E-state index contributed by atoms with van der Waals surface area (Å²) < 4.78 is 7.44. The van der Waals surface area contributed by atoms with Gasteiger partial charge in [-0.2, -0.15) is 0 Å². The number of anilines is 1. The van der Waals surface area contributed by atoms with Gasteiger partial charge in [0.05, 0.1) is 18.4 Å². The van der Waals surface area contributed by atoms with Crippen LogP contribution in [-0.4, -0.2) is 54.3 Å². The van der Waals surface area contributed by atoms with Crippen LogP contribution in [-0.2, 0) is 16.0 Å². The van der Waals surface area contributed by atoms with Gasteiger partial charge in [0, 0.05) is 53.9 Å². The van der Waals surface area contributed by atoms with Gasteiger partial charge in [-0.25, -0.2) is 4.79 Å². The van der Waals surface area contributed by atoms with Crippen molar-refractivity contribution in [2.24, 2.45) is 0 Å². The van der Waals surface area contributed by atoms with E-state index in [0.29, 0.717) is 10.9 Å². The lowest BCUT2D eigenvalue weighted by atomic mass is 10.1. The highest BCUT2D eigenvalue weighted by atomic mass is 32.1. The largest absolute Gasteiger partial charge is 0.420 e.